The summed E-state index contributed by atoms with van der Waals surface area (Å²) in [5, 5.41) is 15.4. The van der Waals surface area contributed by atoms with Crippen LogP contribution in [0.1, 0.15) is 22.1 Å². The minimum Gasteiger partial charge on any atom is -0.478 e. The summed E-state index contributed by atoms with van der Waals surface area (Å²) in [4.78, 5) is 14.9. The van der Waals surface area contributed by atoms with Gasteiger partial charge in [-0.15, -0.1) is 0 Å². The molecule has 0 saturated carbocycles. The van der Waals surface area contributed by atoms with Crippen LogP contribution in [-0.2, 0) is 6.42 Å². The number of benzene rings is 1. The van der Waals surface area contributed by atoms with E-state index in [9.17, 15) is 9.18 Å². The summed E-state index contributed by atoms with van der Waals surface area (Å²) in [5.41, 5.74) is 0.0821. The predicted molar refractivity (Wildman–Crippen MR) is 72.3 cm³/mol. The summed E-state index contributed by atoms with van der Waals surface area (Å²) in [6.07, 6.45) is 0.443. The molecule has 1 aromatic carbocycles. The molecule has 0 aliphatic heterocycles. The van der Waals surface area contributed by atoms with Crippen LogP contribution in [0.2, 0.25) is 0 Å². The van der Waals surface area contributed by atoms with Crippen LogP contribution in [0.5, 0.6) is 0 Å². The van der Waals surface area contributed by atoms with Gasteiger partial charge in [0, 0.05) is 13.0 Å². The highest BCUT2D eigenvalue weighted by atomic mass is 79.9. The van der Waals surface area contributed by atoms with Gasteiger partial charge in [-0.1, -0.05) is 5.16 Å². The van der Waals surface area contributed by atoms with Gasteiger partial charge in [0.2, 0.25) is 5.89 Å². The van der Waals surface area contributed by atoms with Crippen molar-refractivity contribution in [1.29, 1.82) is 0 Å². The van der Waals surface area contributed by atoms with Crippen molar-refractivity contribution in [2.45, 2.75) is 13.3 Å². The smallest absolute Gasteiger partial charge is 0.336 e. The first-order valence-corrected chi connectivity index (χ1v) is 6.52. The second-order valence-corrected chi connectivity index (χ2v) is 4.80. The van der Waals surface area contributed by atoms with Gasteiger partial charge >= 0.3 is 5.97 Å². The Morgan fingerprint density at radius 1 is 1.55 bits per heavy atom. The van der Waals surface area contributed by atoms with E-state index in [2.05, 4.69) is 31.4 Å². The fourth-order valence-electron chi connectivity index (χ4n) is 1.60. The maximum absolute atomic E-state index is 13.9. The van der Waals surface area contributed by atoms with E-state index in [1.54, 1.807) is 6.92 Å². The Balaban J connectivity index is 2.03. The van der Waals surface area contributed by atoms with Crippen LogP contribution in [0.4, 0.5) is 10.1 Å². The third-order valence-electron chi connectivity index (χ3n) is 2.54. The Morgan fingerprint density at radius 3 is 2.90 bits per heavy atom. The second kappa shape index (κ2) is 6.00. The molecular weight excluding hydrogens is 333 g/mol. The lowest BCUT2D eigenvalue weighted by molar-refractivity contribution is 0.0695. The topological polar surface area (TPSA) is 88.2 Å². The molecule has 0 spiro atoms. The monoisotopic (exact) mass is 343 g/mol. The van der Waals surface area contributed by atoms with E-state index in [4.69, 9.17) is 9.63 Å². The van der Waals surface area contributed by atoms with Crippen LogP contribution in [0.3, 0.4) is 0 Å². The van der Waals surface area contributed by atoms with Crippen LogP contribution in [-0.4, -0.2) is 27.8 Å². The highest BCUT2D eigenvalue weighted by Gasteiger charge is 2.15. The minimum atomic E-state index is -1.19. The normalized spacial score (nSPS) is 10.6. The molecule has 1 aromatic heterocycles. The minimum absolute atomic E-state index is 0.0800. The average molecular weight is 344 g/mol. The molecule has 106 valence electrons. The molecule has 1 heterocycles. The molecule has 0 bridgehead atoms. The summed E-state index contributed by atoms with van der Waals surface area (Å²) in [7, 11) is 0. The van der Waals surface area contributed by atoms with Gasteiger partial charge in [0.25, 0.3) is 0 Å². The van der Waals surface area contributed by atoms with Gasteiger partial charge in [-0.25, -0.2) is 9.18 Å². The molecule has 0 amide bonds. The molecule has 0 atom stereocenters. The molecular formula is C12H11BrFN3O3. The number of hydrogen-bond donors (Lipinski definition) is 2. The van der Waals surface area contributed by atoms with Crippen molar-refractivity contribution in [3.8, 4) is 0 Å². The van der Waals surface area contributed by atoms with Crippen molar-refractivity contribution in [2.24, 2.45) is 0 Å². The molecule has 0 aliphatic rings. The average Bonchev–Trinajstić information content (AvgIpc) is 2.80. The van der Waals surface area contributed by atoms with Crippen LogP contribution in [0, 0.1) is 12.7 Å². The number of anilines is 1. The Bertz CT molecular complexity index is 645. The number of hydrogen-bond acceptors (Lipinski definition) is 5. The van der Waals surface area contributed by atoms with Gasteiger partial charge in [0.15, 0.2) is 11.6 Å². The molecule has 6 nitrogen and oxygen atoms in total. The standard InChI is InChI=1S/C12H11BrFN3O3/c1-6-16-9(20-17-6)4-5-15-8-3-2-7(12(18)19)10(13)11(8)14/h2-3,15H,4-5H2,1H3,(H,18,19). The first-order valence-electron chi connectivity index (χ1n) is 5.73. The highest BCUT2D eigenvalue weighted by Crippen LogP contribution is 2.27. The van der Waals surface area contributed by atoms with Crippen molar-refractivity contribution in [2.75, 3.05) is 11.9 Å². The van der Waals surface area contributed by atoms with Gasteiger partial charge in [-0.3, -0.25) is 0 Å². The zero-order chi connectivity index (χ0) is 14.7. The quantitative estimate of drug-likeness (QED) is 0.867. The molecule has 0 unspecified atom stereocenters. The lowest BCUT2D eigenvalue weighted by Crippen LogP contribution is -2.08. The summed E-state index contributed by atoms with van der Waals surface area (Å²) < 4.78 is 18.8. The molecule has 2 rings (SSSR count). The van der Waals surface area contributed by atoms with E-state index in [0.29, 0.717) is 24.7 Å². The van der Waals surface area contributed by atoms with Crippen LogP contribution < -0.4 is 5.32 Å². The number of nitrogens with zero attached hydrogens (tertiary/aromatic N) is 2. The molecule has 2 N–H and O–H groups in total. The highest BCUT2D eigenvalue weighted by molar-refractivity contribution is 9.10. The zero-order valence-electron chi connectivity index (χ0n) is 10.5. The van der Waals surface area contributed by atoms with E-state index in [-0.39, 0.29) is 15.7 Å². The van der Waals surface area contributed by atoms with Gasteiger partial charge < -0.3 is 14.9 Å². The van der Waals surface area contributed by atoms with Crippen molar-refractivity contribution in [3.63, 3.8) is 0 Å². The number of aryl methyl sites for hydroxylation is 1. The van der Waals surface area contributed by atoms with Gasteiger partial charge in [0.1, 0.15) is 0 Å². The van der Waals surface area contributed by atoms with Gasteiger partial charge in [-0.2, -0.15) is 4.98 Å². The Morgan fingerprint density at radius 2 is 2.30 bits per heavy atom. The zero-order valence-corrected chi connectivity index (χ0v) is 12.1. The maximum atomic E-state index is 13.9. The van der Waals surface area contributed by atoms with Crippen molar-refractivity contribution in [1.82, 2.24) is 10.1 Å². The SMILES string of the molecule is Cc1noc(CCNc2ccc(C(=O)O)c(Br)c2F)n1. The van der Waals surface area contributed by atoms with Crippen molar-refractivity contribution in [3.05, 3.63) is 39.7 Å². The molecule has 0 saturated heterocycles. The number of aromatic nitrogens is 2. The maximum Gasteiger partial charge on any atom is 0.336 e. The summed E-state index contributed by atoms with van der Waals surface area (Å²) in [5.74, 6) is -0.841. The second-order valence-electron chi connectivity index (χ2n) is 4.01. The molecule has 0 radical (unpaired) electrons. The van der Waals surface area contributed by atoms with E-state index in [0.717, 1.165) is 0 Å². The summed E-state index contributed by atoms with van der Waals surface area (Å²) in [6.45, 7) is 2.10. The fraction of sp³-hybridized carbons (Fsp3) is 0.250. The van der Waals surface area contributed by atoms with Crippen LogP contribution in [0.25, 0.3) is 0 Å². The molecule has 0 aliphatic carbocycles. The number of rotatable bonds is 5. The number of carbonyl (C=O) groups is 1. The van der Waals surface area contributed by atoms with Crippen molar-refractivity contribution < 1.29 is 18.8 Å². The van der Waals surface area contributed by atoms with Crippen LogP contribution >= 0.6 is 15.9 Å². The molecule has 0 fully saturated rings. The third kappa shape index (κ3) is 3.13. The molecule has 2 aromatic rings. The van der Waals surface area contributed by atoms with E-state index < -0.39 is 11.8 Å². The first-order chi connectivity index (χ1) is 9.49. The fourth-order valence-corrected chi connectivity index (χ4v) is 2.11. The summed E-state index contributed by atoms with van der Waals surface area (Å²) in [6, 6.07) is 2.71. The first kappa shape index (κ1) is 14.4. The van der Waals surface area contributed by atoms with Gasteiger partial charge in [-0.05, 0) is 35.0 Å². The Labute approximate surface area is 122 Å². The van der Waals surface area contributed by atoms with Gasteiger partial charge in [0.05, 0.1) is 15.7 Å². The number of carboxylic acid groups (broad SMARTS) is 1. The number of nitrogens with one attached hydrogen (secondary N) is 1. The lowest BCUT2D eigenvalue weighted by atomic mass is 10.2. The number of aromatic carboxylic acids is 1. The number of halogens is 2. The number of carboxylic acids is 1. The predicted octanol–water partition coefficient (Wildman–Crippen LogP) is 2.63. The van der Waals surface area contributed by atoms with Crippen molar-refractivity contribution >= 4 is 27.6 Å². The van der Waals surface area contributed by atoms with E-state index in [1.807, 2.05) is 0 Å². The van der Waals surface area contributed by atoms with E-state index in [1.165, 1.54) is 12.1 Å². The largest absolute Gasteiger partial charge is 0.478 e. The van der Waals surface area contributed by atoms with Crippen LogP contribution in [0.15, 0.2) is 21.1 Å². The van der Waals surface area contributed by atoms with E-state index >= 15 is 0 Å². The lowest BCUT2D eigenvalue weighted by Gasteiger charge is -2.09. The third-order valence-corrected chi connectivity index (χ3v) is 3.31. The summed E-state index contributed by atoms with van der Waals surface area (Å²) >= 11 is 2.94. The molecule has 8 heteroatoms. The Hall–Kier alpha value is -1.96. The molecule has 20 heavy (non-hydrogen) atoms. The Kier molecular flexibility index (Phi) is 4.33.